The Hall–Kier alpha value is -1.41. The number of carboxylic acids is 1. The van der Waals surface area contributed by atoms with Gasteiger partial charge in [0.15, 0.2) is 5.69 Å². The van der Waals surface area contributed by atoms with Gasteiger partial charge in [0.2, 0.25) is 10.0 Å². The summed E-state index contributed by atoms with van der Waals surface area (Å²) >= 11 is 0. The lowest BCUT2D eigenvalue weighted by molar-refractivity contribution is 0.0686. The molecule has 0 radical (unpaired) electrons. The van der Waals surface area contributed by atoms with Crippen LogP contribution in [0.5, 0.6) is 0 Å². The number of aromatic nitrogens is 2. The van der Waals surface area contributed by atoms with Gasteiger partial charge in [-0.2, -0.15) is 9.40 Å². The van der Waals surface area contributed by atoms with Gasteiger partial charge in [-0.15, -0.1) is 0 Å². The van der Waals surface area contributed by atoms with E-state index in [2.05, 4.69) is 10.2 Å². The van der Waals surface area contributed by atoms with Crippen molar-refractivity contribution in [1.82, 2.24) is 14.5 Å². The standard InChI is InChI=1S/C13H23N3O4S/c1-4-6-8-16(9-7-5-2)21(19,20)12-10(3)14-15-11(12)13(17)18/h4-9H2,1-3H3,(H,14,15)(H,17,18). The molecule has 0 saturated heterocycles. The first-order valence-electron chi connectivity index (χ1n) is 7.14. The first kappa shape index (κ1) is 17.6. The molecule has 8 heteroatoms. The highest BCUT2D eigenvalue weighted by atomic mass is 32.2. The summed E-state index contributed by atoms with van der Waals surface area (Å²) in [6, 6.07) is 0. The van der Waals surface area contributed by atoms with E-state index in [-0.39, 0.29) is 10.6 Å². The lowest BCUT2D eigenvalue weighted by Gasteiger charge is -2.21. The van der Waals surface area contributed by atoms with E-state index >= 15 is 0 Å². The van der Waals surface area contributed by atoms with Gasteiger partial charge in [0.25, 0.3) is 0 Å². The van der Waals surface area contributed by atoms with Crippen molar-refractivity contribution in [3.05, 3.63) is 11.4 Å². The fraction of sp³-hybridized carbons (Fsp3) is 0.692. The first-order valence-corrected chi connectivity index (χ1v) is 8.58. The maximum Gasteiger partial charge on any atom is 0.357 e. The summed E-state index contributed by atoms with van der Waals surface area (Å²) in [5.74, 6) is -1.34. The average molecular weight is 317 g/mol. The van der Waals surface area contributed by atoms with E-state index < -0.39 is 21.7 Å². The number of hydrogen-bond donors (Lipinski definition) is 2. The number of nitrogens with zero attached hydrogens (tertiary/aromatic N) is 2. The second-order valence-corrected chi connectivity index (χ2v) is 6.82. The van der Waals surface area contributed by atoms with Gasteiger partial charge in [-0.3, -0.25) is 5.10 Å². The quantitative estimate of drug-likeness (QED) is 0.725. The Morgan fingerprint density at radius 1 is 1.24 bits per heavy atom. The van der Waals surface area contributed by atoms with Crippen LogP contribution in [-0.2, 0) is 10.0 Å². The Morgan fingerprint density at radius 2 is 1.76 bits per heavy atom. The van der Waals surface area contributed by atoms with Crippen LogP contribution in [0.4, 0.5) is 0 Å². The summed E-state index contributed by atoms with van der Waals surface area (Å²) in [6.07, 6.45) is 3.22. The Balaban J connectivity index is 3.21. The minimum Gasteiger partial charge on any atom is -0.476 e. The molecule has 0 aliphatic carbocycles. The number of rotatable bonds is 9. The molecule has 0 fully saturated rings. The zero-order valence-corrected chi connectivity index (χ0v) is 13.5. The number of aromatic amines is 1. The highest BCUT2D eigenvalue weighted by molar-refractivity contribution is 7.89. The van der Waals surface area contributed by atoms with Crippen LogP contribution in [-0.4, -0.2) is 47.1 Å². The summed E-state index contributed by atoms with van der Waals surface area (Å²) in [6.45, 7) is 6.27. The van der Waals surface area contributed by atoms with E-state index in [0.29, 0.717) is 13.1 Å². The second-order valence-electron chi connectivity index (χ2n) is 4.94. The lowest BCUT2D eigenvalue weighted by Crippen LogP contribution is -2.34. The van der Waals surface area contributed by atoms with Gasteiger partial charge in [-0.1, -0.05) is 26.7 Å². The molecule has 120 valence electrons. The van der Waals surface area contributed by atoms with Crippen LogP contribution < -0.4 is 0 Å². The maximum absolute atomic E-state index is 12.8. The van der Waals surface area contributed by atoms with Crippen molar-refractivity contribution in [2.45, 2.75) is 51.3 Å². The summed E-state index contributed by atoms with van der Waals surface area (Å²) in [4.78, 5) is 10.9. The summed E-state index contributed by atoms with van der Waals surface area (Å²) in [5.41, 5.74) is -0.184. The van der Waals surface area contributed by atoms with E-state index in [1.165, 1.54) is 11.2 Å². The molecule has 21 heavy (non-hydrogen) atoms. The van der Waals surface area contributed by atoms with Crippen molar-refractivity contribution in [3.63, 3.8) is 0 Å². The number of carbonyl (C=O) groups is 1. The van der Waals surface area contributed by atoms with Gasteiger partial charge in [0.05, 0.1) is 5.69 Å². The molecule has 0 saturated carbocycles. The van der Waals surface area contributed by atoms with Crippen molar-refractivity contribution in [3.8, 4) is 0 Å². The Bertz CT molecular complexity index is 572. The zero-order chi connectivity index (χ0) is 16.0. The van der Waals surface area contributed by atoms with Crippen molar-refractivity contribution in [2.75, 3.05) is 13.1 Å². The van der Waals surface area contributed by atoms with Crippen LogP contribution in [0, 0.1) is 6.92 Å². The van der Waals surface area contributed by atoms with Gasteiger partial charge < -0.3 is 5.11 Å². The third kappa shape index (κ3) is 4.04. The zero-order valence-electron chi connectivity index (χ0n) is 12.7. The van der Waals surface area contributed by atoms with Crippen molar-refractivity contribution < 1.29 is 18.3 Å². The maximum atomic E-state index is 12.8. The molecule has 0 aromatic carbocycles. The third-order valence-corrected chi connectivity index (χ3v) is 5.27. The number of carboxylic acid groups (broad SMARTS) is 1. The normalized spacial score (nSPS) is 12.0. The molecule has 0 spiro atoms. The molecule has 2 N–H and O–H groups in total. The molecule has 0 aliphatic heterocycles. The fourth-order valence-corrected chi connectivity index (χ4v) is 3.84. The molecule has 1 rings (SSSR count). The summed E-state index contributed by atoms with van der Waals surface area (Å²) < 4.78 is 26.9. The minimum absolute atomic E-state index is 0.220. The molecule has 0 bridgehead atoms. The molecule has 0 unspecified atom stereocenters. The predicted molar refractivity (Wildman–Crippen MR) is 78.9 cm³/mol. The highest BCUT2D eigenvalue weighted by Crippen LogP contribution is 2.23. The minimum atomic E-state index is -3.85. The Kier molecular flexibility index (Phi) is 6.35. The molecular formula is C13H23N3O4S. The summed E-state index contributed by atoms with van der Waals surface area (Å²) in [5, 5.41) is 15.2. The highest BCUT2D eigenvalue weighted by Gasteiger charge is 2.32. The van der Waals surface area contributed by atoms with E-state index in [9.17, 15) is 13.2 Å². The van der Waals surface area contributed by atoms with Crippen LogP contribution >= 0.6 is 0 Å². The monoisotopic (exact) mass is 317 g/mol. The van der Waals surface area contributed by atoms with Crippen molar-refractivity contribution in [1.29, 1.82) is 0 Å². The Labute approximate surface area is 125 Å². The van der Waals surface area contributed by atoms with Crippen LogP contribution in [0.15, 0.2) is 4.90 Å². The molecule has 1 aromatic rings. The van der Waals surface area contributed by atoms with E-state index in [0.717, 1.165) is 25.7 Å². The second kappa shape index (κ2) is 7.56. The fourth-order valence-electron chi connectivity index (χ4n) is 2.03. The number of aromatic carboxylic acids is 1. The number of H-pyrrole nitrogens is 1. The number of unbranched alkanes of at least 4 members (excludes halogenated alkanes) is 2. The number of aryl methyl sites for hydroxylation is 1. The first-order chi connectivity index (χ1) is 9.86. The van der Waals surface area contributed by atoms with Gasteiger partial charge >= 0.3 is 5.97 Å². The molecule has 1 aromatic heterocycles. The van der Waals surface area contributed by atoms with Crippen LogP contribution in [0.25, 0.3) is 0 Å². The topological polar surface area (TPSA) is 103 Å². The van der Waals surface area contributed by atoms with Crippen molar-refractivity contribution in [2.24, 2.45) is 0 Å². The largest absolute Gasteiger partial charge is 0.476 e. The van der Waals surface area contributed by atoms with Gasteiger partial charge in [-0.25, -0.2) is 13.2 Å². The summed E-state index contributed by atoms with van der Waals surface area (Å²) in [7, 11) is -3.85. The average Bonchev–Trinajstić information content (AvgIpc) is 2.81. The van der Waals surface area contributed by atoms with Crippen molar-refractivity contribution >= 4 is 16.0 Å². The van der Waals surface area contributed by atoms with E-state index in [1.54, 1.807) is 0 Å². The van der Waals surface area contributed by atoms with Gasteiger partial charge in [0.1, 0.15) is 4.90 Å². The SMILES string of the molecule is CCCCN(CCCC)S(=O)(=O)c1c(C(=O)O)n[nH]c1C. The molecule has 7 nitrogen and oxygen atoms in total. The van der Waals surface area contributed by atoms with Gasteiger partial charge in [0, 0.05) is 13.1 Å². The van der Waals surface area contributed by atoms with Gasteiger partial charge in [-0.05, 0) is 19.8 Å². The smallest absolute Gasteiger partial charge is 0.357 e. The predicted octanol–water partition coefficient (Wildman–Crippen LogP) is 2.01. The van der Waals surface area contributed by atoms with Crippen LogP contribution in [0.2, 0.25) is 0 Å². The third-order valence-electron chi connectivity index (χ3n) is 3.21. The van der Waals surface area contributed by atoms with Crippen LogP contribution in [0.1, 0.15) is 55.7 Å². The molecular weight excluding hydrogens is 294 g/mol. The lowest BCUT2D eigenvalue weighted by atomic mass is 10.3. The molecule has 0 atom stereocenters. The van der Waals surface area contributed by atoms with Crippen LogP contribution in [0.3, 0.4) is 0 Å². The molecule has 0 amide bonds. The van der Waals surface area contributed by atoms with E-state index in [4.69, 9.17) is 5.11 Å². The molecule has 1 heterocycles. The Morgan fingerprint density at radius 3 is 2.19 bits per heavy atom. The number of sulfonamides is 1. The van der Waals surface area contributed by atoms with E-state index in [1.807, 2.05) is 13.8 Å². The number of nitrogens with one attached hydrogen (secondary N) is 1. The number of hydrogen-bond acceptors (Lipinski definition) is 4. The molecule has 0 aliphatic rings.